The van der Waals surface area contributed by atoms with Crippen molar-refractivity contribution >= 4 is 15.9 Å². The van der Waals surface area contributed by atoms with Crippen molar-refractivity contribution in [3.63, 3.8) is 0 Å². The number of halogens is 1. The van der Waals surface area contributed by atoms with Gasteiger partial charge < -0.3 is 5.73 Å². The highest BCUT2D eigenvalue weighted by atomic mass is 79.9. The molecule has 1 aromatic carbocycles. The lowest BCUT2D eigenvalue weighted by atomic mass is 10.1. The third-order valence-electron chi connectivity index (χ3n) is 1.98. The zero-order valence-corrected chi connectivity index (χ0v) is 9.42. The highest BCUT2D eigenvalue weighted by Crippen LogP contribution is 2.11. The van der Waals surface area contributed by atoms with E-state index in [2.05, 4.69) is 39.0 Å². The summed E-state index contributed by atoms with van der Waals surface area (Å²) in [5.74, 6) is 0. The Labute approximate surface area is 87.9 Å². The summed E-state index contributed by atoms with van der Waals surface area (Å²) in [6.07, 6.45) is 1.05. The lowest BCUT2D eigenvalue weighted by Gasteiger charge is -2.13. The second kappa shape index (κ2) is 5.37. The first kappa shape index (κ1) is 10.7. The average Bonchev–Trinajstić information content (AvgIpc) is 2.14. The maximum absolute atomic E-state index is 5.48. The predicted octanol–water partition coefficient (Wildman–Crippen LogP) is 1.84. The molecular weight excluding hydrogens is 228 g/mol. The second-order valence-corrected chi connectivity index (χ2v) is 4.06. The van der Waals surface area contributed by atoms with Crippen LogP contribution < -0.4 is 5.73 Å². The Morgan fingerprint density at radius 2 is 2.23 bits per heavy atom. The van der Waals surface area contributed by atoms with Crippen molar-refractivity contribution in [2.45, 2.75) is 6.42 Å². The van der Waals surface area contributed by atoms with Crippen LogP contribution in [0.15, 0.2) is 28.7 Å². The fraction of sp³-hybridized carbons (Fsp3) is 0.400. The summed E-state index contributed by atoms with van der Waals surface area (Å²) in [4.78, 5) is 2.10. The molecule has 1 aromatic rings. The summed E-state index contributed by atoms with van der Waals surface area (Å²) in [5.41, 5.74) is 6.83. The van der Waals surface area contributed by atoms with Gasteiger partial charge in [-0.1, -0.05) is 28.1 Å². The molecule has 72 valence electrons. The lowest BCUT2D eigenvalue weighted by molar-refractivity contribution is 0.349. The fourth-order valence-corrected chi connectivity index (χ4v) is 1.55. The van der Waals surface area contributed by atoms with Crippen LogP contribution in [0.2, 0.25) is 0 Å². The fourth-order valence-electron chi connectivity index (χ4n) is 1.10. The first-order valence-electron chi connectivity index (χ1n) is 4.35. The maximum atomic E-state index is 5.48. The monoisotopic (exact) mass is 242 g/mol. The Balaban J connectivity index is 2.45. The van der Waals surface area contributed by atoms with Gasteiger partial charge in [-0.15, -0.1) is 0 Å². The molecule has 2 N–H and O–H groups in total. The van der Waals surface area contributed by atoms with Gasteiger partial charge in [0.25, 0.3) is 0 Å². The molecule has 0 bridgehead atoms. The van der Waals surface area contributed by atoms with Crippen molar-refractivity contribution in [3.8, 4) is 0 Å². The molecule has 0 heterocycles. The molecule has 0 aliphatic carbocycles. The molecular formula is C10H15BrN2. The van der Waals surface area contributed by atoms with E-state index < -0.39 is 0 Å². The highest BCUT2D eigenvalue weighted by molar-refractivity contribution is 9.10. The van der Waals surface area contributed by atoms with E-state index in [0.717, 1.165) is 17.4 Å². The topological polar surface area (TPSA) is 29.3 Å². The van der Waals surface area contributed by atoms with Crippen LogP contribution in [-0.4, -0.2) is 25.2 Å². The Morgan fingerprint density at radius 3 is 2.85 bits per heavy atom. The SMILES string of the molecule is CN(CN)CCc1cccc(Br)c1. The number of likely N-dealkylation sites (N-methyl/N-ethyl adjacent to an activating group) is 1. The molecule has 0 spiro atoms. The van der Waals surface area contributed by atoms with Crippen molar-refractivity contribution in [1.29, 1.82) is 0 Å². The summed E-state index contributed by atoms with van der Waals surface area (Å²) < 4.78 is 1.14. The van der Waals surface area contributed by atoms with Gasteiger partial charge >= 0.3 is 0 Å². The lowest BCUT2D eigenvalue weighted by Crippen LogP contribution is -2.27. The Morgan fingerprint density at radius 1 is 1.46 bits per heavy atom. The van der Waals surface area contributed by atoms with E-state index in [1.807, 2.05) is 13.1 Å². The van der Waals surface area contributed by atoms with Gasteiger partial charge in [0.15, 0.2) is 0 Å². The van der Waals surface area contributed by atoms with Crippen LogP contribution in [0.4, 0.5) is 0 Å². The smallest absolute Gasteiger partial charge is 0.0452 e. The van der Waals surface area contributed by atoms with Crippen molar-refractivity contribution in [2.24, 2.45) is 5.73 Å². The van der Waals surface area contributed by atoms with E-state index >= 15 is 0 Å². The molecule has 0 radical (unpaired) electrons. The third-order valence-corrected chi connectivity index (χ3v) is 2.48. The van der Waals surface area contributed by atoms with E-state index in [1.54, 1.807) is 0 Å². The van der Waals surface area contributed by atoms with E-state index in [1.165, 1.54) is 5.56 Å². The summed E-state index contributed by atoms with van der Waals surface area (Å²) >= 11 is 3.45. The standard InChI is InChI=1S/C10H15BrN2/c1-13(8-12)6-5-9-3-2-4-10(11)7-9/h2-4,7H,5-6,8,12H2,1H3. The molecule has 1 rings (SSSR count). The van der Waals surface area contributed by atoms with Crippen molar-refractivity contribution in [3.05, 3.63) is 34.3 Å². The van der Waals surface area contributed by atoms with Crippen molar-refractivity contribution < 1.29 is 0 Å². The number of nitrogens with two attached hydrogens (primary N) is 1. The van der Waals surface area contributed by atoms with Crippen LogP contribution >= 0.6 is 15.9 Å². The molecule has 2 nitrogen and oxygen atoms in total. The zero-order chi connectivity index (χ0) is 9.68. The first-order valence-corrected chi connectivity index (χ1v) is 5.14. The second-order valence-electron chi connectivity index (χ2n) is 3.14. The molecule has 0 amide bonds. The predicted molar refractivity (Wildman–Crippen MR) is 59.5 cm³/mol. The van der Waals surface area contributed by atoms with Crippen LogP contribution in [0.25, 0.3) is 0 Å². The zero-order valence-electron chi connectivity index (χ0n) is 7.83. The summed E-state index contributed by atoms with van der Waals surface area (Å²) in [7, 11) is 2.03. The van der Waals surface area contributed by atoms with Crippen molar-refractivity contribution in [1.82, 2.24) is 4.90 Å². The molecule has 0 unspecified atom stereocenters. The third kappa shape index (κ3) is 3.89. The van der Waals surface area contributed by atoms with Gasteiger partial charge in [-0.25, -0.2) is 0 Å². The van der Waals surface area contributed by atoms with E-state index in [4.69, 9.17) is 5.73 Å². The number of hydrogen-bond donors (Lipinski definition) is 1. The normalized spacial score (nSPS) is 10.8. The molecule has 0 aromatic heterocycles. The number of benzene rings is 1. The van der Waals surface area contributed by atoms with Crippen LogP contribution in [0.3, 0.4) is 0 Å². The molecule has 0 fully saturated rings. The Kier molecular flexibility index (Phi) is 4.42. The number of rotatable bonds is 4. The van der Waals surface area contributed by atoms with Gasteiger partial charge in [-0.2, -0.15) is 0 Å². The molecule has 13 heavy (non-hydrogen) atoms. The molecule has 0 aliphatic heterocycles. The van der Waals surface area contributed by atoms with Crippen molar-refractivity contribution in [2.75, 3.05) is 20.3 Å². The minimum absolute atomic E-state index is 0.619. The van der Waals surface area contributed by atoms with Crippen LogP contribution in [0, 0.1) is 0 Å². The van der Waals surface area contributed by atoms with Gasteiger partial charge in [-0.05, 0) is 31.2 Å². The molecule has 3 heteroatoms. The first-order chi connectivity index (χ1) is 6.22. The number of hydrogen-bond acceptors (Lipinski definition) is 2. The summed E-state index contributed by atoms with van der Waals surface area (Å²) in [5, 5.41) is 0. The molecule has 0 aliphatic rings. The van der Waals surface area contributed by atoms with Gasteiger partial charge in [-0.3, -0.25) is 4.90 Å². The van der Waals surface area contributed by atoms with Gasteiger partial charge in [0, 0.05) is 17.7 Å². The van der Waals surface area contributed by atoms with Gasteiger partial charge in [0.2, 0.25) is 0 Å². The molecule has 0 saturated heterocycles. The van der Waals surface area contributed by atoms with E-state index in [-0.39, 0.29) is 0 Å². The minimum atomic E-state index is 0.619. The van der Waals surface area contributed by atoms with Gasteiger partial charge in [0.05, 0.1) is 0 Å². The Hall–Kier alpha value is -0.380. The van der Waals surface area contributed by atoms with Crippen LogP contribution in [0.1, 0.15) is 5.56 Å². The quantitative estimate of drug-likeness (QED) is 0.817. The van der Waals surface area contributed by atoms with Crippen LogP contribution in [0.5, 0.6) is 0 Å². The average molecular weight is 243 g/mol. The van der Waals surface area contributed by atoms with Gasteiger partial charge in [0.1, 0.15) is 0 Å². The molecule has 0 saturated carbocycles. The van der Waals surface area contributed by atoms with E-state index in [0.29, 0.717) is 6.67 Å². The summed E-state index contributed by atoms with van der Waals surface area (Å²) in [6, 6.07) is 8.37. The highest BCUT2D eigenvalue weighted by Gasteiger charge is 1.97. The maximum Gasteiger partial charge on any atom is 0.0452 e. The van der Waals surface area contributed by atoms with Crippen LogP contribution in [-0.2, 0) is 6.42 Å². The van der Waals surface area contributed by atoms with E-state index in [9.17, 15) is 0 Å². The molecule has 0 atom stereocenters. The minimum Gasteiger partial charge on any atom is -0.318 e. The largest absolute Gasteiger partial charge is 0.318 e. The summed E-state index contributed by atoms with van der Waals surface area (Å²) in [6.45, 7) is 1.63. The Bertz CT molecular complexity index is 263. The number of nitrogens with zero attached hydrogens (tertiary/aromatic N) is 1.